The first-order valence-electron chi connectivity index (χ1n) is 9.02. The van der Waals surface area contributed by atoms with E-state index in [1.165, 1.54) is 44.1 Å². The van der Waals surface area contributed by atoms with E-state index in [-0.39, 0.29) is 0 Å². The van der Waals surface area contributed by atoms with Crippen molar-refractivity contribution in [3.05, 3.63) is 29.8 Å². The molecular formula is C19H32N2O. The van der Waals surface area contributed by atoms with Crippen LogP contribution in [-0.2, 0) is 0 Å². The molecule has 22 heavy (non-hydrogen) atoms. The highest BCUT2D eigenvalue weighted by Gasteiger charge is 2.23. The van der Waals surface area contributed by atoms with Crippen LogP contribution >= 0.6 is 0 Å². The lowest BCUT2D eigenvalue weighted by Gasteiger charge is -2.34. The van der Waals surface area contributed by atoms with E-state index in [0.717, 1.165) is 31.9 Å². The molecular weight excluding hydrogens is 272 g/mol. The highest BCUT2D eigenvalue weighted by atomic mass is 16.5. The van der Waals surface area contributed by atoms with Crippen LogP contribution in [0.2, 0.25) is 0 Å². The molecule has 1 atom stereocenters. The van der Waals surface area contributed by atoms with E-state index < -0.39 is 0 Å². The van der Waals surface area contributed by atoms with Gasteiger partial charge in [0.2, 0.25) is 0 Å². The topological polar surface area (TPSA) is 38.5 Å². The van der Waals surface area contributed by atoms with Gasteiger partial charge in [-0.15, -0.1) is 0 Å². The summed E-state index contributed by atoms with van der Waals surface area (Å²) in [5.41, 5.74) is 7.37. The second kappa shape index (κ2) is 9.86. The Morgan fingerprint density at radius 1 is 1.09 bits per heavy atom. The number of ether oxygens (including phenoxy) is 1. The molecule has 0 aromatic heterocycles. The van der Waals surface area contributed by atoms with Crippen molar-refractivity contribution >= 4 is 0 Å². The fourth-order valence-corrected chi connectivity index (χ4v) is 3.30. The third-order valence-electron chi connectivity index (χ3n) is 4.59. The van der Waals surface area contributed by atoms with Crippen molar-refractivity contribution in [1.82, 2.24) is 4.90 Å². The first kappa shape index (κ1) is 17.3. The zero-order valence-electron chi connectivity index (χ0n) is 14.1. The monoisotopic (exact) mass is 304 g/mol. The Hall–Kier alpha value is -1.06. The molecule has 0 aliphatic carbocycles. The van der Waals surface area contributed by atoms with E-state index in [4.69, 9.17) is 10.5 Å². The van der Waals surface area contributed by atoms with Crippen molar-refractivity contribution in [1.29, 1.82) is 0 Å². The molecule has 0 saturated carbocycles. The van der Waals surface area contributed by atoms with Gasteiger partial charge in [0.05, 0.1) is 12.6 Å². The summed E-state index contributed by atoms with van der Waals surface area (Å²) in [4.78, 5) is 2.53. The lowest BCUT2D eigenvalue weighted by molar-refractivity contribution is 0.163. The van der Waals surface area contributed by atoms with E-state index in [1.54, 1.807) is 0 Å². The minimum absolute atomic E-state index is 0.298. The SMILES string of the molecule is CCCCCCOc1ccccc1C(CN)N1CCCCC1. The molecule has 2 rings (SSSR count). The average Bonchev–Trinajstić information content (AvgIpc) is 2.57. The first-order valence-corrected chi connectivity index (χ1v) is 9.02. The molecule has 3 heteroatoms. The highest BCUT2D eigenvalue weighted by molar-refractivity contribution is 5.36. The molecule has 0 spiro atoms. The maximum Gasteiger partial charge on any atom is 0.124 e. The van der Waals surface area contributed by atoms with Crippen LogP contribution in [0, 0.1) is 0 Å². The molecule has 3 nitrogen and oxygen atoms in total. The Morgan fingerprint density at radius 2 is 1.86 bits per heavy atom. The van der Waals surface area contributed by atoms with Gasteiger partial charge in [-0.2, -0.15) is 0 Å². The molecule has 0 amide bonds. The second-order valence-corrected chi connectivity index (χ2v) is 6.30. The van der Waals surface area contributed by atoms with Crippen LogP contribution < -0.4 is 10.5 Å². The lowest BCUT2D eigenvalue weighted by atomic mass is 10.0. The summed E-state index contributed by atoms with van der Waals surface area (Å²) >= 11 is 0. The van der Waals surface area contributed by atoms with Crippen molar-refractivity contribution in [3.8, 4) is 5.75 Å². The van der Waals surface area contributed by atoms with Crippen molar-refractivity contribution in [2.24, 2.45) is 5.73 Å². The summed E-state index contributed by atoms with van der Waals surface area (Å²) < 4.78 is 6.08. The predicted octanol–water partition coefficient (Wildman–Crippen LogP) is 4.13. The second-order valence-electron chi connectivity index (χ2n) is 6.30. The predicted molar refractivity (Wildman–Crippen MR) is 93.3 cm³/mol. The Balaban J connectivity index is 1.98. The number of unbranched alkanes of at least 4 members (excludes halogenated alkanes) is 3. The average molecular weight is 304 g/mol. The van der Waals surface area contributed by atoms with Crippen LogP contribution in [0.1, 0.15) is 63.5 Å². The Labute approximate surface area is 135 Å². The standard InChI is InChI=1S/C19H32N2O/c1-2-3-4-10-15-22-19-12-7-6-11-17(19)18(16-20)21-13-8-5-9-14-21/h6-7,11-12,18H,2-5,8-10,13-16,20H2,1H3. The molecule has 1 aliphatic rings. The van der Waals surface area contributed by atoms with Crippen molar-refractivity contribution in [2.45, 2.75) is 57.9 Å². The zero-order chi connectivity index (χ0) is 15.6. The van der Waals surface area contributed by atoms with Crippen LogP contribution in [0.25, 0.3) is 0 Å². The van der Waals surface area contributed by atoms with Crippen molar-refractivity contribution in [3.63, 3.8) is 0 Å². The van der Waals surface area contributed by atoms with Gasteiger partial charge in [-0.05, 0) is 38.4 Å². The van der Waals surface area contributed by atoms with Gasteiger partial charge < -0.3 is 10.5 Å². The van der Waals surface area contributed by atoms with Gasteiger partial charge in [0.15, 0.2) is 0 Å². The van der Waals surface area contributed by atoms with Crippen LogP contribution in [0.4, 0.5) is 0 Å². The summed E-state index contributed by atoms with van der Waals surface area (Å²) in [5.74, 6) is 1.03. The van der Waals surface area contributed by atoms with Crippen molar-refractivity contribution in [2.75, 3.05) is 26.2 Å². The van der Waals surface area contributed by atoms with Gasteiger partial charge >= 0.3 is 0 Å². The minimum Gasteiger partial charge on any atom is -0.493 e. The number of rotatable bonds is 9. The van der Waals surface area contributed by atoms with Gasteiger partial charge in [-0.1, -0.05) is 50.8 Å². The largest absolute Gasteiger partial charge is 0.493 e. The molecule has 2 N–H and O–H groups in total. The quantitative estimate of drug-likeness (QED) is 0.697. The molecule has 124 valence electrons. The van der Waals surface area contributed by atoms with Gasteiger partial charge in [0, 0.05) is 12.1 Å². The normalized spacial score (nSPS) is 17.4. The number of piperidine rings is 1. The Morgan fingerprint density at radius 3 is 2.59 bits per heavy atom. The number of benzene rings is 1. The van der Waals surface area contributed by atoms with Gasteiger partial charge in [-0.25, -0.2) is 0 Å². The van der Waals surface area contributed by atoms with E-state index in [9.17, 15) is 0 Å². The number of hydrogen-bond donors (Lipinski definition) is 1. The van der Waals surface area contributed by atoms with Crippen LogP contribution in [0.3, 0.4) is 0 Å². The highest BCUT2D eigenvalue weighted by Crippen LogP contribution is 2.30. The van der Waals surface area contributed by atoms with E-state index in [1.807, 2.05) is 0 Å². The van der Waals surface area contributed by atoms with E-state index in [0.29, 0.717) is 12.6 Å². The molecule has 1 saturated heterocycles. The number of nitrogens with two attached hydrogens (primary N) is 1. The zero-order valence-corrected chi connectivity index (χ0v) is 14.1. The van der Waals surface area contributed by atoms with Gasteiger partial charge in [0.25, 0.3) is 0 Å². The van der Waals surface area contributed by atoms with E-state index >= 15 is 0 Å². The lowest BCUT2D eigenvalue weighted by Crippen LogP contribution is -2.37. The van der Waals surface area contributed by atoms with Crippen LogP contribution in [-0.4, -0.2) is 31.1 Å². The molecule has 1 fully saturated rings. The number of likely N-dealkylation sites (tertiary alicyclic amines) is 1. The smallest absolute Gasteiger partial charge is 0.124 e. The third kappa shape index (κ3) is 4.99. The van der Waals surface area contributed by atoms with Crippen LogP contribution in [0.5, 0.6) is 5.75 Å². The maximum atomic E-state index is 6.10. The number of nitrogens with zero attached hydrogens (tertiary/aromatic N) is 1. The third-order valence-corrected chi connectivity index (χ3v) is 4.59. The number of hydrogen-bond acceptors (Lipinski definition) is 3. The van der Waals surface area contributed by atoms with Crippen LogP contribution in [0.15, 0.2) is 24.3 Å². The molecule has 1 aromatic carbocycles. The van der Waals surface area contributed by atoms with Gasteiger partial charge in [0.1, 0.15) is 5.75 Å². The summed E-state index contributed by atoms with van der Waals surface area (Å²) in [7, 11) is 0. The Kier molecular flexibility index (Phi) is 7.75. The summed E-state index contributed by atoms with van der Waals surface area (Å²) in [5, 5.41) is 0. The summed E-state index contributed by atoms with van der Waals surface area (Å²) in [6.45, 7) is 6.03. The first-order chi connectivity index (χ1) is 10.9. The molecule has 1 unspecified atom stereocenters. The molecule has 1 aromatic rings. The Bertz CT molecular complexity index is 416. The molecule has 1 heterocycles. The van der Waals surface area contributed by atoms with Gasteiger partial charge in [-0.3, -0.25) is 4.90 Å². The number of para-hydroxylation sites is 1. The fraction of sp³-hybridized carbons (Fsp3) is 0.684. The van der Waals surface area contributed by atoms with E-state index in [2.05, 4.69) is 36.1 Å². The maximum absolute atomic E-state index is 6.10. The molecule has 1 aliphatic heterocycles. The summed E-state index contributed by atoms with van der Waals surface area (Å²) in [6.07, 6.45) is 8.88. The fourth-order valence-electron chi connectivity index (χ4n) is 3.30. The molecule has 0 bridgehead atoms. The summed E-state index contributed by atoms with van der Waals surface area (Å²) in [6, 6.07) is 8.75. The van der Waals surface area contributed by atoms with Crippen molar-refractivity contribution < 1.29 is 4.74 Å². The molecule has 0 radical (unpaired) electrons. The minimum atomic E-state index is 0.298.